The molecule has 0 fully saturated rings. The molecule has 0 bridgehead atoms. The summed E-state index contributed by atoms with van der Waals surface area (Å²) in [4.78, 5) is 24.4. The van der Waals surface area contributed by atoms with Crippen LogP contribution in [0.25, 0.3) is 0 Å². The molecule has 0 heterocycles. The summed E-state index contributed by atoms with van der Waals surface area (Å²) in [5.41, 5.74) is 0.723. The van der Waals surface area contributed by atoms with Gasteiger partial charge in [-0.2, -0.15) is 0 Å². The summed E-state index contributed by atoms with van der Waals surface area (Å²) < 4.78 is 0. The Labute approximate surface area is 121 Å². The number of amides is 2. The van der Waals surface area contributed by atoms with E-state index < -0.39 is 12.0 Å². The molecule has 0 aromatic heterocycles. The van der Waals surface area contributed by atoms with Gasteiger partial charge in [0.2, 0.25) is 0 Å². The van der Waals surface area contributed by atoms with Gasteiger partial charge in [0.15, 0.2) is 0 Å². The van der Waals surface area contributed by atoms with Crippen LogP contribution >= 0.6 is 0 Å². The van der Waals surface area contributed by atoms with Crippen molar-refractivity contribution < 1.29 is 19.8 Å². The standard InChI is InChI=1S/C15H14N2O4/c1-17(11-5-3-2-4-6-11)15(21)16-10-7-8-13(18)12(9-10)14(19)20/h2-9,18H,1H3,(H,16,21)(H,19,20). The molecule has 0 aliphatic rings. The Morgan fingerprint density at radius 1 is 1.10 bits per heavy atom. The maximum atomic E-state index is 12.1. The normalized spacial score (nSPS) is 9.95. The molecule has 0 spiro atoms. The number of urea groups is 1. The van der Waals surface area contributed by atoms with Gasteiger partial charge in [0.25, 0.3) is 0 Å². The number of hydrogen-bond donors (Lipinski definition) is 3. The summed E-state index contributed by atoms with van der Waals surface area (Å²) in [6.07, 6.45) is 0. The first-order chi connectivity index (χ1) is 9.99. The number of carbonyl (C=O) groups is 2. The largest absolute Gasteiger partial charge is 0.507 e. The van der Waals surface area contributed by atoms with Crippen LogP contribution in [0.4, 0.5) is 16.2 Å². The predicted octanol–water partition coefficient (Wildman–Crippen LogP) is 2.76. The molecule has 0 aliphatic carbocycles. The summed E-state index contributed by atoms with van der Waals surface area (Å²) in [7, 11) is 1.60. The minimum atomic E-state index is -1.26. The molecule has 2 amide bonds. The van der Waals surface area contributed by atoms with Crippen molar-refractivity contribution >= 4 is 23.4 Å². The third kappa shape index (κ3) is 3.30. The minimum absolute atomic E-state index is 0.268. The monoisotopic (exact) mass is 286 g/mol. The van der Waals surface area contributed by atoms with E-state index in [4.69, 9.17) is 5.11 Å². The molecule has 2 aromatic carbocycles. The molecule has 2 aromatic rings. The summed E-state index contributed by atoms with van der Waals surface area (Å²) >= 11 is 0. The zero-order valence-electron chi connectivity index (χ0n) is 11.3. The SMILES string of the molecule is CN(C(=O)Nc1ccc(O)c(C(=O)O)c1)c1ccccc1. The minimum Gasteiger partial charge on any atom is -0.507 e. The van der Waals surface area contributed by atoms with Crippen LogP contribution in [0, 0.1) is 0 Å². The van der Waals surface area contributed by atoms with Crippen LogP contribution in [0.15, 0.2) is 48.5 Å². The Kier molecular flexibility index (Phi) is 4.08. The summed E-state index contributed by atoms with van der Waals surface area (Å²) in [6, 6.07) is 12.5. The van der Waals surface area contributed by atoms with Crippen molar-refractivity contribution in [1.29, 1.82) is 0 Å². The maximum absolute atomic E-state index is 12.1. The third-order valence-electron chi connectivity index (χ3n) is 2.93. The number of hydrogen-bond acceptors (Lipinski definition) is 3. The van der Waals surface area contributed by atoms with Crippen LogP contribution in [0.2, 0.25) is 0 Å². The Bertz CT molecular complexity index is 671. The smallest absolute Gasteiger partial charge is 0.339 e. The molecule has 0 saturated heterocycles. The second kappa shape index (κ2) is 5.96. The third-order valence-corrected chi connectivity index (χ3v) is 2.93. The average Bonchev–Trinajstić information content (AvgIpc) is 2.49. The number of nitrogens with one attached hydrogen (secondary N) is 1. The van der Waals surface area contributed by atoms with Crippen molar-refractivity contribution in [3.63, 3.8) is 0 Å². The van der Waals surface area contributed by atoms with E-state index in [9.17, 15) is 14.7 Å². The lowest BCUT2D eigenvalue weighted by Gasteiger charge is -2.18. The van der Waals surface area contributed by atoms with Crippen LogP contribution in [0.3, 0.4) is 0 Å². The van der Waals surface area contributed by atoms with E-state index >= 15 is 0 Å². The van der Waals surface area contributed by atoms with Crippen molar-refractivity contribution in [2.75, 3.05) is 17.3 Å². The molecule has 6 nitrogen and oxygen atoms in total. The fourth-order valence-electron chi connectivity index (χ4n) is 1.76. The number of para-hydroxylation sites is 1. The van der Waals surface area contributed by atoms with Crippen LogP contribution in [-0.4, -0.2) is 29.3 Å². The van der Waals surface area contributed by atoms with E-state index in [0.29, 0.717) is 5.69 Å². The lowest BCUT2D eigenvalue weighted by atomic mass is 10.2. The number of carboxylic acids is 1. The Hall–Kier alpha value is -3.02. The lowest BCUT2D eigenvalue weighted by molar-refractivity contribution is 0.0693. The quantitative estimate of drug-likeness (QED) is 0.757. The van der Waals surface area contributed by atoms with E-state index in [2.05, 4.69) is 5.32 Å². The fraction of sp³-hybridized carbons (Fsp3) is 0.0667. The van der Waals surface area contributed by atoms with Gasteiger partial charge in [-0.3, -0.25) is 4.90 Å². The second-order valence-corrected chi connectivity index (χ2v) is 4.36. The van der Waals surface area contributed by atoms with E-state index in [-0.39, 0.29) is 17.0 Å². The van der Waals surface area contributed by atoms with Gasteiger partial charge in [-0.15, -0.1) is 0 Å². The fourth-order valence-corrected chi connectivity index (χ4v) is 1.76. The first-order valence-corrected chi connectivity index (χ1v) is 6.15. The first-order valence-electron chi connectivity index (χ1n) is 6.15. The van der Waals surface area contributed by atoms with Gasteiger partial charge >= 0.3 is 12.0 Å². The highest BCUT2D eigenvalue weighted by atomic mass is 16.4. The molecule has 0 atom stereocenters. The molecule has 21 heavy (non-hydrogen) atoms. The van der Waals surface area contributed by atoms with E-state index in [1.54, 1.807) is 19.2 Å². The Morgan fingerprint density at radius 3 is 2.38 bits per heavy atom. The van der Waals surface area contributed by atoms with Crippen molar-refractivity contribution in [1.82, 2.24) is 0 Å². The molecule has 0 aliphatic heterocycles. The first kappa shape index (κ1) is 14.4. The zero-order chi connectivity index (χ0) is 15.4. The molecule has 2 rings (SSSR count). The molecule has 3 N–H and O–H groups in total. The Balaban J connectivity index is 2.16. The number of anilines is 2. The second-order valence-electron chi connectivity index (χ2n) is 4.36. The summed E-state index contributed by atoms with van der Waals surface area (Å²) in [5, 5.41) is 20.9. The number of nitrogens with zero attached hydrogens (tertiary/aromatic N) is 1. The van der Waals surface area contributed by atoms with Crippen molar-refractivity contribution in [3.8, 4) is 5.75 Å². The van der Waals surface area contributed by atoms with Gasteiger partial charge in [0, 0.05) is 18.4 Å². The molecule has 0 saturated carbocycles. The molecule has 6 heteroatoms. The van der Waals surface area contributed by atoms with Gasteiger partial charge in [0.1, 0.15) is 11.3 Å². The van der Waals surface area contributed by atoms with Crippen LogP contribution in [-0.2, 0) is 0 Å². The number of aromatic hydroxyl groups is 1. The number of phenols is 1. The van der Waals surface area contributed by atoms with Crippen molar-refractivity contribution in [2.45, 2.75) is 0 Å². The summed E-state index contributed by atoms with van der Waals surface area (Å²) in [5.74, 6) is -1.61. The lowest BCUT2D eigenvalue weighted by Crippen LogP contribution is -2.31. The molecular weight excluding hydrogens is 272 g/mol. The van der Waals surface area contributed by atoms with Crippen LogP contribution in [0.5, 0.6) is 5.75 Å². The predicted molar refractivity (Wildman–Crippen MR) is 78.9 cm³/mol. The van der Waals surface area contributed by atoms with E-state index in [0.717, 1.165) is 0 Å². The number of carbonyl (C=O) groups excluding carboxylic acids is 1. The summed E-state index contributed by atoms with van der Waals surface area (Å²) in [6.45, 7) is 0. The molecule has 108 valence electrons. The van der Waals surface area contributed by atoms with E-state index in [1.165, 1.54) is 23.1 Å². The highest BCUT2D eigenvalue weighted by Crippen LogP contribution is 2.22. The number of aromatic carboxylic acids is 1. The van der Waals surface area contributed by atoms with Crippen molar-refractivity contribution in [3.05, 3.63) is 54.1 Å². The number of benzene rings is 2. The maximum Gasteiger partial charge on any atom is 0.339 e. The van der Waals surface area contributed by atoms with Crippen LogP contribution in [0.1, 0.15) is 10.4 Å². The molecule has 0 unspecified atom stereocenters. The van der Waals surface area contributed by atoms with Crippen molar-refractivity contribution in [2.24, 2.45) is 0 Å². The molecule has 0 radical (unpaired) electrons. The van der Waals surface area contributed by atoms with Gasteiger partial charge in [0.05, 0.1) is 0 Å². The van der Waals surface area contributed by atoms with E-state index in [1.807, 2.05) is 18.2 Å². The zero-order valence-corrected chi connectivity index (χ0v) is 11.3. The molecular formula is C15H14N2O4. The van der Waals surface area contributed by atoms with Gasteiger partial charge in [-0.25, -0.2) is 9.59 Å². The Morgan fingerprint density at radius 2 is 1.76 bits per heavy atom. The number of rotatable bonds is 3. The number of carboxylic acid groups (broad SMARTS) is 1. The topological polar surface area (TPSA) is 89.9 Å². The highest BCUT2D eigenvalue weighted by molar-refractivity contribution is 6.02. The van der Waals surface area contributed by atoms with Crippen LogP contribution < -0.4 is 10.2 Å². The van der Waals surface area contributed by atoms with Gasteiger partial charge in [-0.1, -0.05) is 18.2 Å². The van der Waals surface area contributed by atoms with Gasteiger partial charge in [-0.05, 0) is 30.3 Å². The average molecular weight is 286 g/mol. The highest BCUT2D eigenvalue weighted by Gasteiger charge is 2.14. The van der Waals surface area contributed by atoms with Gasteiger partial charge < -0.3 is 15.5 Å².